The van der Waals surface area contributed by atoms with Gasteiger partial charge < -0.3 is 10.2 Å². The Bertz CT molecular complexity index is 709. The molecule has 1 atom stereocenters. The van der Waals surface area contributed by atoms with Crippen LogP contribution in [0.25, 0.3) is 10.8 Å². The Morgan fingerprint density at radius 3 is 2.65 bits per heavy atom. The first-order chi connectivity index (χ1) is 10.9. The van der Waals surface area contributed by atoms with Crippen molar-refractivity contribution in [2.24, 2.45) is 5.92 Å². The number of amides is 2. The molecule has 2 amide bonds. The molecule has 0 unspecified atom stereocenters. The van der Waals surface area contributed by atoms with Crippen molar-refractivity contribution < 1.29 is 18.0 Å². The Hall–Kier alpha value is -2.24. The molecule has 3 rings (SSSR count). The van der Waals surface area contributed by atoms with Gasteiger partial charge in [-0.15, -0.1) is 0 Å². The van der Waals surface area contributed by atoms with Crippen LogP contribution in [-0.2, 0) is 0 Å². The maximum Gasteiger partial charge on any atom is 0.393 e. The first kappa shape index (κ1) is 15.6. The maximum atomic E-state index is 12.9. The third-order valence-electron chi connectivity index (χ3n) is 4.20. The van der Waals surface area contributed by atoms with Gasteiger partial charge in [-0.1, -0.05) is 36.4 Å². The van der Waals surface area contributed by atoms with Crippen LogP contribution in [0.15, 0.2) is 42.5 Å². The molecule has 2 aromatic carbocycles. The van der Waals surface area contributed by atoms with Gasteiger partial charge in [-0.05, 0) is 24.3 Å². The van der Waals surface area contributed by atoms with Crippen LogP contribution in [0.3, 0.4) is 0 Å². The number of urea groups is 1. The second-order valence-electron chi connectivity index (χ2n) is 5.78. The number of anilines is 1. The molecule has 6 heteroatoms. The van der Waals surface area contributed by atoms with Crippen molar-refractivity contribution in [3.63, 3.8) is 0 Å². The lowest BCUT2D eigenvalue weighted by molar-refractivity contribution is -0.183. The minimum Gasteiger partial charge on any atom is -0.324 e. The van der Waals surface area contributed by atoms with Gasteiger partial charge in [0.2, 0.25) is 0 Å². The topological polar surface area (TPSA) is 32.3 Å². The van der Waals surface area contributed by atoms with E-state index in [9.17, 15) is 18.0 Å². The Morgan fingerprint density at radius 1 is 1.13 bits per heavy atom. The summed E-state index contributed by atoms with van der Waals surface area (Å²) in [6, 6.07) is 12.6. The van der Waals surface area contributed by atoms with Crippen molar-refractivity contribution >= 4 is 22.5 Å². The number of carbonyl (C=O) groups is 1. The molecule has 1 aliphatic rings. The number of alkyl halides is 3. The number of nitrogens with one attached hydrogen (secondary N) is 1. The Morgan fingerprint density at radius 2 is 1.87 bits per heavy atom. The van der Waals surface area contributed by atoms with Crippen molar-refractivity contribution in [2.45, 2.75) is 19.0 Å². The van der Waals surface area contributed by atoms with E-state index in [4.69, 9.17) is 0 Å². The molecule has 0 aromatic heterocycles. The van der Waals surface area contributed by atoms with Crippen molar-refractivity contribution in [1.82, 2.24) is 4.90 Å². The van der Waals surface area contributed by atoms with Gasteiger partial charge in [0.1, 0.15) is 0 Å². The summed E-state index contributed by atoms with van der Waals surface area (Å²) in [6.07, 6.45) is -3.80. The number of likely N-dealkylation sites (tertiary alicyclic amines) is 1. The van der Waals surface area contributed by atoms with Gasteiger partial charge in [0.15, 0.2) is 0 Å². The zero-order valence-electron chi connectivity index (χ0n) is 12.4. The van der Waals surface area contributed by atoms with Crippen molar-refractivity contribution in [3.05, 3.63) is 42.5 Å². The first-order valence-corrected chi connectivity index (χ1v) is 7.55. The normalized spacial score (nSPS) is 18.9. The van der Waals surface area contributed by atoms with Crippen LogP contribution in [0.5, 0.6) is 0 Å². The second kappa shape index (κ2) is 6.10. The molecule has 1 N–H and O–H groups in total. The number of benzene rings is 2. The van der Waals surface area contributed by atoms with Gasteiger partial charge >= 0.3 is 12.2 Å². The summed E-state index contributed by atoms with van der Waals surface area (Å²) in [5.74, 6) is -1.44. The summed E-state index contributed by atoms with van der Waals surface area (Å²) in [6.45, 7) is 0.0727. The molecule has 1 heterocycles. The highest BCUT2D eigenvalue weighted by atomic mass is 19.4. The van der Waals surface area contributed by atoms with Gasteiger partial charge in [0.05, 0.1) is 11.6 Å². The van der Waals surface area contributed by atoms with Crippen LogP contribution in [0.4, 0.5) is 23.7 Å². The molecule has 0 saturated carbocycles. The summed E-state index contributed by atoms with van der Waals surface area (Å²) in [5.41, 5.74) is 0.613. The van der Waals surface area contributed by atoms with E-state index in [1.54, 1.807) is 6.07 Å². The van der Waals surface area contributed by atoms with E-state index < -0.39 is 18.1 Å². The van der Waals surface area contributed by atoms with Crippen LogP contribution >= 0.6 is 0 Å². The number of fused-ring (bicyclic) bond motifs is 1. The predicted molar refractivity (Wildman–Crippen MR) is 83.3 cm³/mol. The molecule has 2 aromatic rings. The highest BCUT2D eigenvalue weighted by Gasteiger charge is 2.42. The fourth-order valence-electron chi connectivity index (χ4n) is 2.96. The summed E-state index contributed by atoms with van der Waals surface area (Å²) >= 11 is 0. The van der Waals surface area contributed by atoms with Gasteiger partial charge in [0, 0.05) is 18.5 Å². The standard InChI is InChI=1S/C17H17F3N2O/c18-17(19,20)13-7-4-10-22(11-13)16(23)21-15-9-3-6-12-5-1-2-8-14(12)15/h1-3,5-6,8-9,13H,4,7,10-11H2,(H,21,23)/t13-/m1/s1. The quantitative estimate of drug-likeness (QED) is 0.814. The lowest BCUT2D eigenvalue weighted by Gasteiger charge is -2.33. The fourth-order valence-corrected chi connectivity index (χ4v) is 2.96. The van der Waals surface area contributed by atoms with Gasteiger partial charge in [-0.2, -0.15) is 13.2 Å². The fraction of sp³-hybridized carbons (Fsp3) is 0.353. The van der Waals surface area contributed by atoms with Crippen molar-refractivity contribution in [1.29, 1.82) is 0 Å². The van der Waals surface area contributed by atoms with Gasteiger partial charge in [-0.25, -0.2) is 4.79 Å². The van der Waals surface area contributed by atoms with E-state index in [0.717, 1.165) is 10.8 Å². The van der Waals surface area contributed by atoms with Gasteiger partial charge in [-0.3, -0.25) is 0 Å². The average molecular weight is 322 g/mol. The molecule has 1 saturated heterocycles. The second-order valence-corrected chi connectivity index (χ2v) is 5.78. The summed E-state index contributed by atoms with van der Waals surface area (Å²) in [5, 5.41) is 4.58. The third-order valence-corrected chi connectivity index (χ3v) is 4.20. The smallest absolute Gasteiger partial charge is 0.324 e. The SMILES string of the molecule is O=C(Nc1cccc2ccccc12)N1CCC[C@@H](C(F)(F)F)C1. The van der Waals surface area contributed by atoms with Crippen LogP contribution in [0.2, 0.25) is 0 Å². The molecule has 0 spiro atoms. The first-order valence-electron chi connectivity index (χ1n) is 7.55. The van der Waals surface area contributed by atoms with E-state index in [1.807, 2.05) is 36.4 Å². The van der Waals surface area contributed by atoms with Crippen LogP contribution in [0, 0.1) is 5.92 Å². The highest BCUT2D eigenvalue weighted by Crippen LogP contribution is 2.33. The number of carbonyl (C=O) groups excluding carboxylic acids is 1. The highest BCUT2D eigenvalue weighted by molar-refractivity contribution is 6.01. The molecule has 23 heavy (non-hydrogen) atoms. The molecule has 0 radical (unpaired) electrons. The Labute approximate surface area is 132 Å². The average Bonchev–Trinajstić information content (AvgIpc) is 2.54. The van der Waals surface area contributed by atoms with Crippen LogP contribution in [-0.4, -0.2) is 30.2 Å². The van der Waals surface area contributed by atoms with E-state index in [1.165, 1.54) is 4.90 Å². The minimum atomic E-state index is -4.25. The van der Waals surface area contributed by atoms with E-state index in [0.29, 0.717) is 18.7 Å². The van der Waals surface area contributed by atoms with Gasteiger partial charge in [0.25, 0.3) is 0 Å². The van der Waals surface area contributed by atoms with E-state index >= 15 is 0 Å². The molecule has 3 nitrogen and oxygen atoms in total. The molecule has 0 bridgehead atoms. The Balaban J connectivity index is 1.76. The Kier molecular flexibility index (Phi) is 4.15. The summed E-state index contributed by atoms with van der Waals surface area (Å²) < 4.78 is 38.6. The van der Waals surface area contributed by atoms with Crippen LogP contribution < -0.4 is 5.32 Å². The zero-order valence-corrected chi connectivity index (χ0v) is 12.4. The number of halogens is 3. The molecule has 122 valence electrons. The molecule has 0 aliphatic carbocycles. The van der Waals surface area contributed by atoms with E-state index in [-0.39, 0.29) is 13.0 Å². The predicted octanol–water partition coefficient (Wildman–Crippen LogP) is 4.65. The molecule has 1 aliphatic heterocycles. The number of piperidine rings is 1. The number of nitrogens with zero attached hydrogens (tertiary/aromatic N) is 1. The van der Waals surface area contributed by atoms with Crippen molar-refractivity contribution in [3.8, 4) is 0 Å². The third kappa shape index (κ3) is 3.41. The number of hydrogen-bond donors (Lipinski definition) is 1. The monoisotopic (exact) mass is 322 g/mol. The van der Waals surface area contributed by atoms with Crippen LogP contribution in [0.1, 0.15) is 12.8 Å². The van der Waals surface area contributed by atoms with E-state index in [2.05, 4.69) is 5.32 Å². The summed E-state index contributed by atoms with van der Waals surface area (Å²) in [4.78, 5) is 13.6. The number of rotatable bonds is 1. The van der Waals surface area contributed by atoms with Crippen molar-refractivity contribution in [2.75, 3.05) is 18.4 Å². The molecular formula is C17H17F3N2O. The lowest BCUT2D eigenvalue weighted by Crippen LogP contribution is -2.46. The minimum absolute atomic E-state index is 0.0849. The largest absolute Gasteiger partial charge is 0.393 e. The lowest BCUT2D eigenvalue weighted by atomic mass is 9.98. The number of hydrogen-bond acceptors (Lipinski definition) is 1. The molecule has 1 fully saturated rings. The molecular weight excluding hydrogens is 305 g/mol. The maximum absolute atomic E-state index is 12.9. The summed E-state index contributed by atoms with van der Waals surface area (Å²) in [7, 11) is 0. The zero-order chi connectivity index (χ0) is 16.4.